The van der Waals surface area contributed by atoms with Crippen LogP contribution in [-0.2, 0) is 0 Å². The summed E-state index contributed by atoms with van der Waals surface area (Å²) in [5.74, 6) is 0. The highest BCUT2D eigenvalue weighted by Crippen LogP contribution is 2.25. The van der Waals surface area contributed by atoms with Gasteiger partial charge in [0.1, 0.15) is 6.54 Å². The zero-order chi connectivity index (χ0) is 12.5. The number of fused-ring (bicyclic) bond motifs is 1. The number of alkyl halides is 3. The van der Waals surface area contributed by atoms with Crippen molar-refractivity contribution in [3.8, 4) is 0 Å². The summed E-state index contributed by atoms with van der Waals surface area (Å²) in [6.07, 6.45) is -2.81. The zero-order valence-corrected chi connectivity index (χ0v) is 9.31. The molecule has 1 N–H and O–H groups in total. The highest BCUT2D eigenvalue weighted by Gasteiger charge is 2.26. The topological polar surface area (TPSA) is 24.9 Å². The maximum atomic E-state index is 12.1. The predicted octanol–water partition coefficient (Wildman–Crippen LogP) is 3.86. The second kappa shape index (κ2) is 4.41. The number of pyridine rings is 1. The van der Waals surface area contributed by atoms with Crippen LogP contribution in [-0.4, -0.2) is 17.7 Å². The SMILES string of the molecule is FC(F)(F)CNc1ccnc2cc(Cl)ccc12. The molecule has 1 heterocycles. The monoisotopic (exact) mass is 260 g/mol. The molecule has 2 rings (SSSR count). The molecule has 0 amide bonds. The van der Waals surface area contributed by atoms with Crippen LogP contribution in [0.15, 0.2) is 30.5 Å². The first-order valence-corrected chi connectivity index (χ1v) is 5.18. The van der Waals surface area contributed by atoms with E-state index in [1.807, 2.05) is 0 Å². The quantitative estimate of drug-likeness (QED) is 0.887. The minimum absolute atomic E-state index is 0.393. The number of hydrogen-bond acceptors (Lipinski definition) is 2. The van der Waals surface area contributed by atoms with Crippen molar-refractivity contribution in [1.82, 2.24) is 4.98 Å². The number of halogens is 4. The molecule has 0 aliphatic heterocycles. The smallest absolute Gasteiger partial charge is 0.376 e. The average Bonchev–Trinajstić information content (AvgIpc) is 2.24. The number of aromatic nitrogens is 1. The summed E-state index contributed by atoms with van der Waals surface area (Å²) in [5, 5.41) is 3.45. The van der Waals surface area contributed by atoms with Crippen molar-refractivity contribution in [2.24, 2.45) is 0 Å². The summed E-state index contributed by atoms with van der Waals surface area (Å²) in [6.45, 7) is -1.07. The number of rotatable bonds is 2. The summed E-state index contributed by atoms with van der Waals surface area (Å²) >= 11 is 5.78. The number of anilines is 1. The van der Waals surface area contributed by atoms with Crippen LogP contribution >= 0.6 is 11.6 Å². The Morgan fingerprint density at radius 1 is 1.24 bits per heavy atom. The normalized spacial score (nSPS) is 11.8. The molecule has 2 aromatic rings. The van der Waals surface area contributed by atoms with Gasteiger partial charge in [0.15, 0.2) is 0 Å². The van der Waals surface area contributed by atoms with E-state index in [-0.39, 0.29) is 0 Å². The molecule has 2 nitrogen and oxygen atoms in total. The standard InChI is InChI=1S/C11H8ClF3N2/c12-7-1-2-8-9(17-6-11(13,14)15)3-4-16-10(8)5-7/h1-5H,6H2,(H,16,17). The second-order valence-corrected chi connectivity index (χ2v) is 3.93. The van der Waals surface area contributed by atoms with E-state index >= 15 is 0 Å². The Bertz CT molecular complexity index is 540. The highest BCUT2D eigenvalue weighted by molar-refractivity contribution is 6.31. The van der Waals surface area contributed by atoms with Crippen molar-refractivity contribution in [1.29, 1.82) is 0 Å². The van der Waals surface area contributed by atoms with E-state index in [4.69, 9.17) is 11.6 Å². The molecule has 0 radical (unpaired) electrons. The molecule has 0 atom stereocenters. The van der Waals surface area contributed by atoms with Crippen LogP contribution in [0.1, 0.15) is 0 Å². The van der Waals surface area contributed by atoms with E-state index in [0.29, 0.717) is 21.6 Å². The van der Waals surface area contributed by atoms with Crippen LogP contribution in [0.5, 0.6) is 0 Å². The Morgan fingerprint density at radius 2 is 2.00 bits per heavy atom. The van der Waals surface area contributed by atoms with Gasteiger partial charge < -0.3 is 5.32 Å². The van der Waals surface area contributed by atoms with Crippen molar-refractivity contribution in [3.63, 3.8) is 0 Å². The fraction of sp³-hybridized carbons (Fsp3) is 0.182. The molecule has 0 aliphatic rings. The Hall–Kier alpha value is -1.49. The summed E-state index contributed by atoms with van der Waals surface area (Å²) in [4.78, 5) is 4.04. The van der Waals surface area contributed by atoms with Crippen LogP contribution in [0.4, 0.5) is 18.9 Å². The molecule has 0 unspecified atom stereocenters. The first-order chi connectivity index (χ1) is 7.96. The van der Waals surface area contributed by atoms with Crippen LogP contribution in [0.3, 0.4) is 0 Å². The van der Waals surface area contributed by atoms with Crippen molar-refractivity contribution in [2.45, 2.75) is 6.18 Å². The van der Waals surface area contributed by atoms with Crippen LogP contribution in [0.25, 0.3) is 10.9 Å². The summed E-state index contributed by atoms with van der Waals surface area (Å²) in [6, 6.07) is 6.37. The Labute approximate surface area is 100 Å². The largest absolute Gasteiger partial charge is 0.405 e. The maximum absolute atomic E-state index is 12.1. The van der Waals surface area contributed by atoms with Crippen molar-refractivity contribution < 1.29 is 13.2 Å². The van der Waals surface area contributed by atoms with Gasteiger partial charge >= 0.3 is 6.18 Å². The third-order valence-corrected chi connectivity index (χ3v) is 2.42. The molecular formula is C11H8ClF3N2. The fourth-order valence-corrected chi connectivity index (χ4v) is 1.64. The van der Waals surface area contributed by atoms with E-state index in [0.717, 1.165) is 0 Å². The molecule has 6 heteroatoms. The molecule has 0 saturated heterocycles. The van der Waals surface area contributed by atoms with Crippen molar-refractivity contribution in [3.05, 3.63) is 35.5 Å². The number of benzene rings is 1. The Balaban J connectivity index is 2.34. The third kappa shape index (κ3) is 3.00. The summed E-state index contributed by atoms with van der Waals surface area (Å²) < 4.78 is 36.3. The average molecular weight is 261 g/mol. The van der Waals surface area contributed by atoms with Gasteiger partial charge in [0, 0.05) is 22.3 Å². The third-order valence-electron chi connectivity index (χ3n) is 2.18. The maximum Gasteiger partial charge on any atom is 0.405 e. The minimum atomic E-state index is -4.25. The Kier molecular flexibility index (Phi) is 3.11. The molecular weight excluding hydrogens is 253 g/mol. The first kappa shape index (κ1) is 12.0. The van der Waals surface area contributed by atoms with Gasteiger partial charge in [-0.05, 0) is 24.3 Å². The van der Waals surface area contributed by atoms with Crippen LogP contribution in [0.2, 0.25) is 5.02 Å². The minimum Gasteiger partial charge on any atom is -0.376 e. The zero-order valence-electron chi connectivity index (χ0n) is 8.55. The molecule has 0 spiro atoms. The fourth-order valence-electron chi connectivity index (χ4n) is 1.47. The molecule has 0 saturated carbocycles. The van der Waals surface area contributed by atoms with E-state index in [2.05, 4.69) is 10.3 Å². The molecule has 17 heavy (non-hydrogen) atoms. The lowest BCUT2D eigenvalue weighted by Crippen LogP contribution is -2.21. The van der Waals surface area contributed by atoms with Crippen molar-refractivity contribution >= 4 is 28.2 Å². The van der Waals surface area contributed by atoms with Gasteiger partial charge in [-0.15, -0.1) is 0 Å². The molecule has 90 valence electrons. The van der Waals surface area contributed by atoms with E-state index in [1.165, 1.54) is 12.3 Å². The van der Waals surface area contributed by atoms with Gasteiger partial charge in [-0.25, -0.2) is 0 Å². The van der Waals surface area contributed by atoms with Gasteiger partial charge in [-0.3, -0.25) is 4.98 Å². The number of nitrogens with zero attached hydrogens (tertiary/aromatic N) is 1. The van der Waals surface area contributed by atoms with E-state index in [9.17, 15) is 13.2 Å². The van der Waals surface area contributed by atoms with Gasteiger partial charge in [0.05, 0.1) is 5.52 Å². The van der Waals surface area contributed by atoms with E-state index < -0.39 is 12.7 Å². The summed E-state index contributed by atoms with van der Waals surface area (Å²) in [7, 11) is 0. The van der Waals surface area contributed by atoms with Gasteiger partial charge in [0.2, 0.25) is 0 Å². The van der Waals surface area contributed by atoms with Gasteiger partial charge in [0.25, 0.3) is 0 Å². The molecule has 0 aliphatic carbocycles. The lowest BCUT2D eigenvalue weighted by molar-refractivity contribution is -0.115. The molecule has 1 aromatic heterocycles. The predicted molar refractivity (Wildman–Crippen MR) is 61.3 cm³/mol. The van der Waals surface area contributed by atoms with Gasteiger partial charge in [-0.1, -0.05) is 11.6 Å². The van der Waals surface area contributed by atoms with Gasteiger partial charge in [-0.2, -0.15) is 13.2 Å². The number of hydrogen-bond donors (Lipinski definition) is 1. The highest BCUT2D eigenvalue weighted by atomic mass is 35.5. The lowest BCUT2D eigenvalue weighted by atomic mass is 10.2. The Morgan fingerprint density at radius 3 is 2.71 bits per heavy atom. The van der Waals surface area contributed by atoms with Crippen LogP contribution in [0, 0.1) is 0 Å². The first-order valence-electron chi connectivity index (χ1n) is 4.80. The molecule has 0 bridgehead atoms. The van der Waals surface area contributed by atoms with Crippen molar-refractivity contribution in [2.75, 3.05) is 11.9 Å². The molecule has 0 fully saturated rings. The van der Waals surface area contributed by atoms with E-state index in [1.54, 1.807) is 18.2 Å². The lowest BCUT2D eigenvalue weighted by Gasteiger charge is -2.11. The van der Waals surface area contributed by atoms with Crippen LogP contribution < -0.4 is 5.32 Å². The second-order valence-electron chi connectivity index (χ2n) is 3.49. The summed E-state index contributed by atoms with van der Waals surface area (Å²) in [5.41, 5.74) is 0.952. The molecule has 1 aromatic carbocycles. The number of nitrogens with one attached hydrogen (secondary N) is 1.